The van der Waals surface area contributed by atoms with Gasteiger partial charge in [0.25, 0.3) is 0 Å². The zero-order chi connectivity index (χ0) is 23.1. The summed E-state index contributed by atoms with van der Waals surface area (Å²) in [4.78, 5) is 23.9. The number of nitrogens with one attached hydrogen (secondary N) is 1. The van der Waals surface area contributed by atoms with Crippen LogP contribution in [-0.2, 0) is 14.1 Å². The number of carbonyl (C=O) groups excluding carboxylic acids is 1. The highest BCUT2D eigenvalue weighted by molar-refractivity contribution is 6.61. The standard InChI is InChI=1S/C23H30BFN4O3/c1-15(16-8-10-18(25)11-9-16)28-20(30)19-7-6-12-29(19)21-26-13-17(14-27-21)24-31-22(2,3)23(4,5)32-24/h8-11,13-15,19H,6-7,12H2,1-5H3,(H,28,30)/t15-,19-/m0/s1. The predicted octanol–water partition coefficient (Wildman–Crippen LogP) is 2.76. The Morgan fingerprint density at radius 3 is 2.34 bits per heavy atom. The summed E-state index contributed by atoms with van der Waals surface area (Å²) in [7, 11) is -0.525. The van der Waals surface area contributed by atoms with E-state index in [1.165, 1.54) is 12.1 Å². The second-order valence-electron chi connectivity index (χ2n) is 9.54. The van der Waals surface area contributed by atoms with E-state index in [9.17, 15) is 9.18 Å². The summed E-state index contributed by atoms with van der Waals surface area (Å²) in [6, 6.07) is 5.59. The van der Waals surface area contributed by atoms with Crippen LogP contribution in [0, 0.1) is 5.82 Å². The van der Waals surface area contributed by atoms with E-state index >= 15 is 0 Å². The largest absolute Gasteiger partial charge is 0.498 e. The summed E-state index contributed by atoms with van der Waals surface area (Å²) in [5.74, 6) is 0.130. The summed E-state index contributed by atoms with van der Waals surface area (Å²) in [5.41, 5.74) is 0.732. The SMILES string of the molecule is C[C@H](NC(=O)[C@@H]1CCCN1c1ncc(B2OC(C)(C)C(C)(C)O2)cn1)c1ccc(F)cc1. The van der Waals surface area contributed by atoms with E-state index in [4.69, 9.17) is 9.31 Å². The third-order valence-corrected chi connectivity index (χ3v) is 6.72. The van der Waals surface area contributed by atoms with Crippen LogP contribution in [0.25, 0.3) is 0 Å². The van der Waals surface area contributed by atoms with Gasteiger partial charge in [-0.2, -0.15) is 0 Å². The van der Waals surface area contributed by atoms with Gasteiger partial charge in [0.2, 0.25) is 11.9 Å². The molecule has 0 aliphatic carbocycles. The number of anilines is 1. The molecule has 2 saturated heterocycles. The normalized spacial score (nSPS) is 22.8. The first kappa shape index (κ1) is 22.7. The van der Waals surface area contributed by atoms with Gasteiger partial charge in [-0.1, -0.05) is 12.1 Å². The summed E-state index contributed by atoms with van der Waals surface area (Å²) in [6.07, 6.45) is 5.02. The van der Waals surface area contributed by atoms with Crippen molar-refractivity contribution in [3.8, 4) is 0 Å². The molecule has 9 heteroatoms. The molecule has 1 N–H and O–H groups in total. The molecule has 0 saturated carbocycles. The molecule has 170 valence electrons. The third-order valence-electron chi connectivity index (χ3n) is 6.72. The molecule has 3 heterocycles. The van der Waals surface area contributed by atoms with Crippen LogP contribution < -0.4 is 15.7 Å². The maximum atomic E-state index is 13.2. The second-order valence-corrected chi connectivity index (χ2v) is 9.54. The average Bonchev–Trinajstić information content (AvgIpc) is 3.31. The fraction of sp³-hybridized carbons (Fsp3) is 0.522. The maximum Gasteiger partial charge on any atom is 0.498 e. The molecule has 0 bridgehead atoms. The molecule has 0 spiro atoms. The van der Waals surface area contributed by atoms with Crippen LogP contribution in [0.15, 0.2) is 36.7 Å². The molecule has 7 nitrogen and oxygen atoms in total. The van der Waals surface area contributed by atoms with Crippen molar-refractivity contribution in [2.75, 3.05) is 11.4 Å². The van der Waals surface area contributed by atoms with E-state index in [0.717, 1.165) is 23.9 Å². The fourth-order valence-electron chi connectivity index (χ4n) is 4.00. The van der Waals surface area contributed by atoms with Crippen LogP contribution in [0.3, 0.4) is 0 Å². The Hall–Kier alpha value is -2.52. The highest BCUT2D eigenvalue weighted by atomic mass is 19.1. The number of aromatic nitrogens is 2. The lowest BCUT2D eigenvalue weighted by Crippen LogP contribution is -2.45. The number of halogens is 1. The van der Waals surface area contributed by atoms with Crippen molar-refractivity contribution < 1.29 is 18.5 Å². The third kappa shape index (κ3) is 4.36. The minimum atomic E-state index is -0.525. The van der Waals surface area contributed by atoms with Crippen LogP contribution >= 0.6 is 0 Å². The lowest BCUT2D eigenvalue weighted by Gasteiger charge is -2.32. The van der Waals surface area contributed by atoms with E-state index in [0.29, 0.717) is 12.5 Å². The van der Waals surface area contributed by atoms with Crippen molar-refractivity contribution in [2.24, 2.45) is 0 Å². The second kappa shape index (κ2) is 8.44. The fourth-order valence-corrected chi connectivity index (χ4v) is 4.00. The van der Waals surface area contributed by atoms with E-state index < -0.39 is 18.3 Å². The quantitative estimate of drug-likeness (QED) is 0.721. The van der Waals surface area contributed by atoms with Gasteiger partial charge < -0.3 is 19.5 Å². The van der Waals surface area contributed by atoms with Crippen LogP contribution in [0.2, 0.25) is 0 Å². The minimum absolute atomic E-state index is 0.0852. The first-order valence-corrected chi connectivity index (χ1v) is 11.1. The summed E-state index contributed by atoms with van der Waals surface area (Å²) in [5, 5.41) is 3.03. The number of benzene rings is 1. The molecular weight excluding hydrogens is 410 g/mol. The number of nitrogens with zero attached hydrogens (tertiary/aromatic N) is 3. The Morgan fingerprint density at radius 1 is 1.16 bits per heavy atom. The van der Waals surface area contributed by atoms with Crippen molar-refractivity contribution in [2.45, 2.75) is 70.7 Å². The Balaban J connectivity index is 1.43. The van der Waals surface area contributed by atoms with Crippen LogP contribution in [0.1, 0.15) is 59.1 Å². The number of carbonyl (C=O) groups is 1. The van der Waals surface area contributed by atoms with Crippen LogP contribution in [0.5, 0.6) is 0 Å². The van der Waals surface area contributed by atoms with Crippen molar-refractivity contribution in [3.63, 3.8) is 0 Å². The summed E-state index contributed by atoms with van der Waals surface area (Å²) < 4.78 is 25.3. The number of amides is 1. The topological polar surface area (TPSA) is 76.6 Å². The lowest BCUT2D eigenvalue weighted by molar-refractivity contribution is -0.122. The molecule has 1 aromatic heterocycles. The highest BCUT2D eigenvalue weighted by Gasteiger charge is 2.52. The molecule has 2 aromatic rings. The predicted molar refractivity (Wildman–Crippen MR) is 121 cm³/mol. The maximum absolute atomic E-state index is 13.2. The molecule has 2 aliphatic heterocycles. The molecule has 0 unspecified atom stereocenters. The van der Waals surface area contributed by atoms with E-state index in [1.54, 1.807) is 24.5 Å². The molecule has 1 aromatic carbocycles. The molecule has 2 aliphatic rings. The van der Waals surface area contributed by atoms with Gasteiger partial charge >= 0.3 is 7.12 Å². The smallest absolute Gasteiger partial charge is 0.399 e. The van der Waals surface area contributed by atoms with Gasteiger partial charge in [0, 0.05) is 24.4 Å². The number of hydrogen-bond donors (Lipinski definition) is 1. The van der Waals surface area contributed by atoms with Gasteiger partial charge in [-0.3, -0.25) is 4.79 Å². The molecule has 2 atom stereocenters. The molecule has 2 fully saturated rings. The van der Waals surface area contributed by atoms with Crippen molar-refractivity contribution in [3.05, 3.63) is 48.0 Å². The Kier molecular flexibility index (Phi) is 5.98. The van der Waals surface area contributed by atoms with Crippen molar-refractivity contribution >= 4 is 24.4 Å². The molecule has 32 heavy (non-hydrogen) atoms. The van der Waals surface area contributed by atoms with Gasteiger partial charge in [0.05, 0.1) is 17.2 Å². The number of rotatable bonds is 5. The highest BCUT2D eigenvalue weighted by Crippen LogP contribution is 2.36. The van der Waals surface area contributed by atoms with Gasteiger partial charge in [0.1, 0.15) is 11.9 Å². The molecular formula is C23H30BFN4O3. The molecule has 1 amide bonds. The minimum Gasteiger partial charge on any atom is -0.399 e. The van der Waals surface area contributed by atoms with Crippen molar-refractivity contribution in [1.29, 1.82) is 0 Å². The Bertz CT molecular complexity index is 952. The summed E-state index contributed by atoms with van der Waals surface area (Å²) >= 11 is 0. The zero-order valence-corrected chi connectivity index (χ0v) is 19.3. The molecule has 4 rings (SSSR count). The Morgan fingerprint density at radius 2 is 1.75 bits per heavy atom. The van der Waals surface area contributed by atoms with E-state index in [2.05, 4.69) is 15.3 Å². The lowest BCUT2D eigenvalue weighted by atomic mass is 9.81. The van der Waals surface area contributed by atoms with E-state index in [1.807, 2.05) is 39.5 Å². The van der Waals surface area contributed by atoms with Gasteiger partial charge in [-0.25, -0.2) is 14.4 Å². The Labute approximate surface area is 188 Å². The first-order valence-electron chi connectivity index (χ1n) is 11.1. The monoisotopic (exact) mass is 440 g/mol. The first-order chi connectivity index (χ1) is 15.1. The summed E-state index contributed by atoms with van der Waals surface area (Å²) in [6.45, 7) is 10.6. The average molecular weight is 440 g/mol. The number of hydrogen-bond acceptors (Lipinski definition) is 6. The zero-order valence-electron chi connectivity index (χ0n) is 19.3. The van der Waals surface area contributed by atoms with Gasteiger partial charge in [-0.05, 0) is 65.2 Å². The van der Waals surface area contributed by atoms with E-state index in [-0.39, 0.29) is 23.8 Å². The van der Waals surface area contributed by atoms with Gasteiger partial charge in [-0.15, -0.1) is 0 Å². The van der Waals surface area contributed by atoms with Crippen LogP contribution in [0.4, 0.5) is 10.3 Å². The molecule has 0 radical (unpaired) electrons. The van der Waals surface area contributed by atoms with Crippen LogP contribution in [-0.4, -0.2) is 46.8 Å². The van der Waals surface area contributed by atoms with Gasteiger partial charge in [0.15, 0.2) is 0 Å². The van der Waals surface area contributed by atoms with Crippen molar-refractivity contribution in [1.82, 2.24) is 15.3 Å².